The van der Waals surface area contributed by atoms with Crippen molar-refractivity contribution in [2.75, 3.05) is 0 Å². The lowest BCUT2D eigenvalue weighted by Gasteiger charge is -2.13. The fourth-order valence-corrected chi connectivity index (χ4v) is 2.48. The highest BCUT2D eigenvalue weighted by Crippen LogP contribution is 2.19. The second-order valence-corrected chi connectivity index (χ2v) is 6.44. The molecule has 2 rings (SSSR count). The predicted octanol–water partition coefficient (Wildman–Crippen LogP) is 4.81. The molecule has 1 atom stereocenters. The molecular weight excluding hydrogens is 258 g/mol. The van der Waals surface area contributed by atoms with E-state index in [-0.39, 0.29) is 0 Å². The van der Waals surface area contributed by atoms with Gasteiger partial charge in [-0.3, -0.25) is 0 Å². The lowest BCUT2D eigenvalue weighted by atomic mass is 10.1. The normalized spacial score (nSPS) is 16.1. The van der Waals surface area contributed by atoms with Gasteiger partial charge in [-0.1, -0.05) is 56.9 Å². The lowest BCUT2D eigenvalue weighted by Crippen LogP contribution is -2.15. The number of hydrogen-bond acceptors (Lipinski definition) is 2. The molecule has 1 N–H and O–H groups in total. The largest absolute Gasteiger partial charge is 0.374 e. The van der Waals surface area contributed by atoms with Gasteiger partial charge in [0.1, 0.15) is 0 Å². The first-order valence-electron chi connectivity index (χ1n) is 8.70. The van der Waals surface area contributed by atoms with E-state index in [0.717, 1.165) is 19.2 Å². The van der Waals surface area contributed by atoms with Crippen LogP contribution in [0.1, 0.15) is 69.9 Å². The van der Waals surface area contributed by atoms with Crippen molar-refractivity contribution in [1.82, 2.24) is 5.32 Å². The molecule has 0 bridgehead atoms. The van der Waals surface area contributed by atoms with Crippen LogP contribution in [0.25, 0.3) is 0 Å². The first-order chi connectivity index (χ1) is 10.3. The molecule has 0 amide bonds. The maximum atomic E-state index is 5.94. The van der Waals surface area contributed by atoms with E-state index >= 15 is 0 Å². The summed E-state index contributed by atoms with van der Waals surface area (Å²) in [6, 6.07) is 9.63. The molecule has 1 fully saturated rings. The van der Waals surface area contributed by atoms with Crippen molar-refractivity contribution in [3.8, 4) is 0 Å². The van der Waals surface area contributed by atoms with Gasteiger partial charge in [-0.2, -0.15) is 0 Å². The minimum Gasteiger partial charge on any atom is -0.374 e. The van der Waals surface area contributed by atoms with Crippen molar-refractivity contribution in [2.45, 2.75) is 84.1 Å². The molecule has 1 unspecified atom stereocenters. The van der Waals surface area contributed by atoms with Gasteiger partial charge in [-0.05, 0) is 37.3 Å². The zero-order chi connectivity index (χ0) is 14.9. The van der Waals surface area contributed by atoms with Crippen LogP contribution in [0.4, 0.5) is 0 Å². The molecule has 2 nitrogen and oxygen atoms in total. The van der Waals surface area contributed by atoms with Crippen LogP contribution in [0.15, 0.2) is 24.3 Å². The van der Waals surface area contributed by atoms with Gasteiger partial charge in [0.05, 0.1) is 12.7 Å². The molecule has 0 aromatic heterocycles. The van der Waals surface area contributed by atoms with Crippen molar-refractivity contribution in [3.63, 3.8) is 0 Å². The average Bonchev–Trinajstić information content (AvgIpc) is 3.33. The SMILES string of the molecule is CCCCCCC(C)OCc1ccc(CNC2CC2)cc1. The third kappa shape index (κ3) is 7.10. The highest BCUT2D eigenvalue weighted by Gasteiger charge is 2.19. The fourth-order valence-electron chi connectivity index (χ4n) is 2.48. The molecule has 0 radical (unpaired) electrons. The Bertz CT molecular complexity index is 383. The molecule has 0 spiro atoms. The maximum Gasteiger partial charge on any atom is 0.0720 e. The Balaban J connectivity index is 1.60. The van der Waals surface area contributed by atoms with E-state index in [4.69, 9.17) is 4.74 Å². The van der Waals surface area contributed by atoms with Crippen LogP contribution in [-0.2, 0) is 17.9 Å². The third-order valence-corrected chi connectivity index (χ3v) is 4.19. The molecule has 0 saturated heterocycles. The first-order valence-corrected chi connectivity index (χ1v) is 8.70. The molecule has 0 aliphatic heterocycles. The van der Waals surface area contributed by atoms with Gasteiger partial charge in [-0.15, -0.1) is 0 Å². The molecule has 2 heteroatoms. The Morgan fingerprint density at radius 2 is 1.81 bits per heavy atom. The number of benzene rings is 1. The summed E-state index contributed by atoms with van der Waals surface area (Å²) >= 11 is 0. The van der Waals surface area contributed by atoms with Gasteiger partial charge in [0.2, 0.25) is 0 Å². The molecule has 1 aliphatic carbocycles. The molecule has 118 valence electrons. The highest BCUT2D eigenvalue weighted by atomic mass is 16.5. The van der Waals surface area contributed by atoms with Crippen LogP contribution in [0.5, 0.6) is 0 Å². The summed E-state index contributed by atoms with van der Waals surface area (Å²) in [5, 5.41) is 3.54. The van der Waals surface area contributed by atoms with Crippen LogP contribution >= 0.6 is 0 Å². The van der Waals surface area contributed by atoms with Crippen molar-refractivity contribution in [1.29, 1.82) is 0 Å². The van der Waals surface area contributed by atoms with E-state index in [1.165, 1.54) is 56.1 Å². The van der Waals surface area contributed by atoms with Crippen molar-refractivity contribution < 1.29 is 4.74 Å². The predicted molar refractivity (Wildman–Crippen MR) is 89.3 cm³/mol. The van der Waals surface area contributed by atoms with E-state index in [2.05, 4.69) is 43.4 Å². The number of unbranched alkanes of at least 4 members (excludes halogenated alkanes) is 3. The summed E-state index contributed by atoms with van der Waals surface area (Å²) in [7, 11) is 0. The number of ether oxygens (including phenoxy) is 1. The Hall–Kier alpha value is -0.860. The smallest absolute Gasteiger partial charge is 0.0720 e. The average molecular weight is 289 g/mol. The zero-order valence-corrected chi connectivity index (χ0v) is 13.7. The van der Waals surface area contributed by atoms with Crippen LogP contribution < -0.4 is 5.32 Å². The Morgan fingerprint density at radius 3 is 2.48 bits per heavy atom. The van der Waals surface area contributed by atoms with Crippen LogP contribution in [-0.4, -0.2) is 12.1 Å². The maximum absolute atomic E-state index is 5.94. The van der Waals surface area contributed by atoms with Crippen LogP contribution in [0.3, 0.4) is 0 Å². The highest BCUT2D eigenvalue weighted by molar-refractivity contribution is 5.22. The molecule has 1 aromatic rings. The minimum atomic E-state index is 0.373. The molecule has 0 heterocycles. The van der Waals surface area contributed by atoms with E-state index in [1.54, 1.807) is 0 Å². The molecular formula is C19H31NO. The van der Waals surface area contributed by atoms with Gasteiger partial charge < -0.3 is 10.1 Å². The second kappa shape index (κ2) is 9.22. The van der Waals surface area contributed by atoms with Crippen LogP contribution in [0.2, 0.25) is 0 Å². The molecule has 1 aromatic carbocycles. The topological polar surface area (TPSA) is 21.3 Å². The summed E-state index contributed by atoms with van der Waals surface area (Å²) in [5.41, 5.74) is 2.66. The summed E-state index contributed by atoms with van der Waals surface area (Å²) in [6.45, 7) is 6.19. The molecule has 21 heavy (non-hydrogen) atoms. The quantitative estimate of drug-likeness (QED) is 0.590. The number of nitrogens with one attached hydrogen (secondary N) is 1. The van der Waals surface area contributed by atoms with Crippen molar-refractivity contribution >= 4 is 0 Å². The van der Waals surface area contributed by atoms with E-state index < -0.39 is 0 Å². The number of hydrogen-bond donors (Lipinski definition) is 1. The van der Waals surface area contributed by atoms with Gasteiger partial charge in [0.25, 0.3) is 0 Å². The number of rotatable bonds is 11. The van der Waals surface area contributed by atoms with Crippen LogP contribution in [0, 0.1) is 0 Å². The van der Waals surface area contributed by atoms with Gasteiger partial charge in [0.15, 0.2) is 0 Å². The van der Waals surface area contributed by atoms with E-state index in [1.807, 2.05) is 0 Å². The van der Waals surface area contributed by atoms with Gasteiger partial charge in [0, 0.05) is 12.6 Å². The Labute approximate surface area is 130 Å². The first kappa shape index (κ1) is 16.5. The summed E-state index contributed by atoms with van der Waals surface area (Å²) < 4.78 is 5.94. The Kier molecular flexibility index (Phi) is 7.25. The standard InChI is InChI=1S/C19H31NO/c1-3-4-5-6-7-16(2)21-15-18-10-8-17(9-11-18)14-20-19-12-13-19/h8-11,16,19-20H,3-7,12-15H2,1-2H3. The monoisotopic (exact) mass is 289 g/mol. The van der Waals surface area contributed by atoms with E-state index in [0.29, 0.717) is 6.10 Å². The minimum absolute atomic E-state index is 0.373. The van der Waals surface area contributed by atoms with E-state index in [9.17, 15) is 0 Å². The fraction of sp³-hybridized carbons (Fsp3) is 0.684. The summed E-state index contributed by atoms with van der Waals surface area (Å²) in [4.78, 5) is 0. The molecule has 1 saturated carbocycles. The lowest BCUT2D eigenvalue weighted by molar-refractivity contribution is 0.0459. The summed E-state index contributed by atoms with van der Waals surface area (Å²) in [6.07, 6.45) is 9.54. The van der Waals surface area contributed by atoms with Gasteiger partial charge >= 0.3 is 0 Å². The summed E-state index contributed by atoms with van der Waals surface area (Å²) in [5.74, 6) is 0. The van der Waals surface area contributed by atoms with Gasteiger partial charge in [-0.25, -0.2) is 0 Å². The second-order valence-electron chi connectivity index (χ2n) is 6.44. The zero-order valence-electron chi connectivity index (χ0n) is 13.7. The Morgan fingerprint density at radius 1 is 1.10 bits per heavy atom. The third-order valence-electron chi connectivity index (χ3n) is 4.19. The van der Waals surface area contributed by atoms with Crippen molar-refractivity contribution in [2.24, 2.45) is 0 Å². The molecule has 1 aliphatic rings. The van der Waals surface area contributed by atoms with Crippen molar-refractivity contribution in [3.05, 3.63) is 35.4 Å².